The van der Waals surface area contributed by atoms with Crippen LogP contribution in [-0.2, 0) is 0 Å². The van der Waals surface area contributed by atoms with Crippen LogP contribution in [0.15, 0.2) is 0 Å². The van der Waals surface area contributed by atoms with Gasteiger partial charge in [-0.2, -0.15) is 0 Å². The molecule has 0 radical (unpaired) electrons. The minimum atomic E-state index is 0.341. The number of unbranched alkanes of at least 4 members (excludes halogenated alkanes) is 3. The van der Waals surface area contributed by atoms with E-state index in [0.29, 0.717) is 6.61 Å². The average Bonchev–Trinajstić information content (AvgIpc) is 2.27. The van der Waals surface area contributed by atoms with Crippen LogP contribution in [-0.4, -0.2) is 24.8 Å². The van der Waals surface area contributed by atoms with Crippen molar-refractivity contribution in [2.75, 3.05) is 19.7 Å². The van der Waals surface area contributed by atoms with Gasteiger partial charge in [-0.05, 0) is 44.7 Å². The van der Waals surface area contributed by atoms with Gasteiger partial charge in [0.1, 0.15) is 0 Å². The molecule has 0 amide bonds. The van der Waals surface area contributed by atoms with Gasteiger partial charge in [-0.1, -0.05) is 33.1 Å². The van der Waals surface area contributed by atoms with Gasteiger partial charge < -0.3 is 10.4 Å². The van der Waals surface area contributed by atoms with Crippen molar-refractivity contribution in [1.82, 2.24) is 5.32 Å². The van der Waals surface area contributed by atoms with Crippen LogP contribution < -0.4 is 5.32 Å². The Hall–Kier alpha value is -0.0800. The molecular weight excluding hydrogens is 186 g/mol. The number of hydrogen-bond acceptors (Lipinski definition) is 2. The van der Waals surface area contributed by atoms with Crippen molar-refractivity contribution in [3.8, 4) is 0 Å². The smallest absolute Gasteiger partial charge is 0.0431 e. The van der Waals surface area contributed by atoms with Gasteiger partial charge in [0.2, 0.25) is 0 Å². The normalized spacial score (nSPS) is 13.0. The van der Waals surface area contributed by atoms with Crippen LogP contribution in [0, 0.1) is 5.92 Å². The minimum Gasteiger partial charge on any atom is -0.396 e. The summed E-state index contributed by atoms with van der Waals surface area (Å²) >= 11 is 0. The first-order chi connectivity index (χ1) is 7.35. The molecule has 0 saturated heterocycles. The Balaban J connectivity index is 3.22. The summed E-state index contributed by atoms with van der Waals surface area (Å²) in [6.45, 7) is 7.18. The molecule has 92 valence electrons. The Morgan fingerprint density at radius 2 is 1.87 bits per heavy atom. The molecule has 0 aromatic carbocycles. The molecule has 1 unspecified atom stereocenters. The third-order valence-electron chi connectivity index (χ3n) is 2.99. The molecule has 0 rings (SSSR count). The van der Waals surface area contributed by atoms with Crippen LogP contribution in [0.1, 0.15) is 58.8 Å². The second-order valence-electron chi connectivity index (χ2n) is 4.40. The Bertz CT molecular complexity index is 117. The molecule has 2 N–H and O–H groups in total. The highest BCUT2D eigenvalue weighted by Gasteiger charge is 2.04. The average molecular weight is 215 g/mol. The van der Waals surface area contributed by atoms with E-state index in [1.54, 1.807) is 0 Å². The summed E-state index contributed by atoms with van der Waals surface area (Å²) in [5, 5.41) is 12.1. The third kappa shape index (κ3) is 10.2. The van der Waals surface area contributed by atoms with Gasteiger partial charge >= 0.3 is 0 Å². The van der Waals surface area contributed by atoms with Crippen LogP contribution in [0.5, 0.6) is 0 Å². The molecule has 0 heterocycles. The minimum absolute atomic E-state index is 0.341. The van der Waals surface area contributed by atoms with Crippen molar-refractivity contribution in [3.63, 3.8) is 0 Å². The maximum atomic E-state index is 8.63. The summed E-state index contributed by atoms with van der Waals surface area (Å²) in [6.07, 6.45) is 8.65. The van der Waals surface area contributed by atoms with Gasteiger partial charge in [0.05, 0.1) is 0 Å². The molecule has 0 aromatic heterocycles. The number of aliphatic hydroxyl groups excluding tert-OH is 1. The fourth-order valence-corrected chi connectivity index (χ4v) is 1.79. The van der Waals surface area contributed by atoms with Gasteiger partial charge in [0.25, 0.3) is 0 Å². The second-order valence-corrected chi connectivity index (χ2v) is 4.40. The monoisotopic (exact) mass is 215 g/mol. The van der Waals surface area contributed by atoms with Crippen molar-refractivity contribution < 1.29 is 5.11 Å². The zero-order valence-corrected chi connectivity index (χ0v) is 10.6. The molecule has 0 aliphatic rings. The Morgan fingerprint density at radius 1 is 1.07 bits per heavy atom. The largest absolute Gasteiger partial charge is 0.396 e. The van der Waals surface area contributed by atoms with Crippen LogP contribution in [0.4, 0.5) is 0 Å². The molecule has 1 atom stereocenters. The zero-order valence-electron chi connectivity index (χ0n) is 10.6. The van der Waals surface area contributed by atoms with Crippen molar-refractivity contribution in [3.05, 3.63) is 0 Å². The molecule has 0 spiro atoms. The Kier molecular flexibility index (Phi) is 11.9. The number of aliphatic hydroxyl groups is 1. The molecule has 0 aromatic rings. The maximum Gasteiger partial charge on any atom is 0.0431 e. The predicted octanol–water partition coefficient (Wildman–Crippen LogP) is 2.96. The standard InChI is InChI=1S/C13H29NO/c1-3-5-9-13(4-2)12-14-10-7-6-8-11-15/h13-15H,3-12H2,1-2H3. The summed E-state index contributed by atoms with van der Waals surface area (Å²) in [5.41, 5.74) is 0. The number of hydrogen-bond donors (Lipinski definition) is 2. The quantitative estimate of drug-likeness (QED) is 0.519. The van der Waals surface area contributed by atoms with Crippen LogP contribution in [0.2, 0.25) is 0 Å². The van der Waals surface area contributed by atoms with Gasteiger partial charge in [-0.15, -0.1) is 0 Å². The molecule has 0 aliphatic carbocycles. The van der Waals surface area contributed by atoms with E-state index >= 15 is 0 Å². The lowest BCUT2D eigenvalue weighted by Crippen LogP contribution is -2.23. The number of nitrogens with one attached hydrogen (secondary N) is 1. The van der Waals surface area contributed by atoms with Crippen LogP contribution in [0.3, 0.4) is 0 Å². The van der Waals surface area contributed by atoms with Crippen LogP contribution >= 0.6 is 0 Å². The van der Waals surface area contributed by atoms with Gasteiger partial charge in [0.15, 0.2) is 0 Å². The highest BCUT2D eigenvalue weighted by atomic mass is 16.2. The summed E-state index contributed by atoms with van der Waals surface area (Å²) in [6, 6.07) is 0. The summed E-state index contributed by atoms with van der Waals surface area (Å²) in [7, 11) is 0. The highest BCUT2D eigenvalue weighted by molar-refractivity contribution is 4.60. The fourth-order valence-electron chi connectivity index (χ4n) is 1.79. The van der Waals surface area contributed by atoms with E-state index in [-0.39, 0.29) is 0 Å². The van der Waals surface area contributed by atoms with Crippen molar-refractivity contribution in [1.29, 1.82) is 0 Å². The Labute approximate surface area is 95.5 Å². The summed E-state index contributed by atoms with van der Waals surface area (Å²) < 4.78 is 0. The van der Waals surface area contributed by atoms with Crippen molar-refractivity contribution in [2.45, 2.75) is 58.8 Å². The van der Waals surface area contributed by atoms with E-state index < -0.39 is 0 Å². The summed E-state index contributed by atoms with van der Waals surface area (Å²) in [4.78, 5) is 0. The third-order valence-corrected chi connectivity index (χ3v) is 2.99. The van der Waals surface area contributed by atoms with Gasteiger partial charge in [-0.25, -0.2) is 0 Å². The van der Waals surface area contributed by atoms with E-state index in [0.717, 1.165) is 25.3 Å². The molecule has 2 nitrogen and oxygen atoms in total. The second kappa shape index (κ2) is 12.0. The fraction of sp³-hybridized carbons (Fsp3) is 1.00. The molecule has 0 fully saturated rings. The highest BCUT2D eigenvalue weighted by Crippen LogP contribution is 2.11. The number of rotatable bonds is 11. The lowest BCUT2D eigenvalue weighted by molar-refractivity contribution is 0.282. The van der Waals surface area contributed by atoms with Gasteiger partial charge in [0, 0.05) is 6.61 Å². The lowest BCUT2D eigenvalue weighted by atomic mass is 9.99. The predicted molar refractivity (Wildman–Crippen MR) is 67.1 cm³/mol. The molecule has 2 heteroatoms. The first-order valence-corrected chi connectivity index (χ1v) is 6.66. The topological polar surface area (TPSA) is 32.3 Å². The summed E-state index contributed by atoms with van der Waals surface area (Å²) in [5.74, 6) is 0.864. The first-order valence-electron chi connectivity index (χ1n) is 6.66. The molecule has 15 heavy (non-hydrogen) atoms. The van der Waals surface area contributed by atoms with E-state index in [2.05, 4.69) is 19.2 Å². The van der Waals surface area contributed by atoms with E-state index in [4.69, 9.17) is 5.11 Å². The SMILES string of the molecule is CCCCC(CC)CNCCCCCO. The molecule has 0 bridgehead atoms. The Morgan fingerprint density at radius 3 is 2.47 bits per heavy atom. The zero-order chi connectivity index (χ0) is 11.4. The van der Waals surface area contributed by atoms with Gasteiger partial charge in [-0.3, -0.25) is 0 Å². The molecular formula is C13H29NO. The molecule has 0 saturated carbocycles. The molecule has 0 aliphatic heterocycles. The maximum absolute atomic E-state index is 8.63. The van der Waals surface area contributed by atoms with Crippen molar-refractivity contribution in [2.24, 2.45) is 5.92 Å². The van der Waals surface area contributed by atoms with Crippen molar-refractivity contribution >= 4 is 0 Å². The van der Waals surface area contributed by atoms with E-state index in [1.165, 1.54) is 38.6 Å². The lowest BCUT2D eigenvalue weighted by Gasteiger charge is -2.15. The first kappa shape index (κ1) is 14.9. The van der Waals surface area contributed by atoms with Crippen LogP contribution in [0.25, 0.3) is 0 Å². The van der Waals surface area contributed by atoms with E-state index in [1.807, 2.05) is 0 Å². The van der Waals surface area contributed by atoms with E-state index in [9.17, 15) is 0 Å².